The van der Waals surface area contributed by atoms with E-state index in [-0.39, 0.29) is 11.3 Å². The molecule has 1 N–H and O–H groups in total. The first-order valence-corrected chi connectivity index (χ1v) is 2.94. The van der Waals surface area contributed by atoms with Gasteiger partial charge in [-0.05, 0) is 6.92 Å². The molecule has 0 saturated heterocycles. The lowest BCUT2D eigenvalue weighted by atomic mass is 10.3. The molecule has 11 heavy (non-hydrogen) atoms. The fraction of sp³-hybridized carbons (Fsp3) is 0.167. The van der Waals surface area contributed by atoms with E-state index in [1.165, 1.54) is 6.20 Å². The number of aryl methyl sites for hydroxylation is 1. The molecule has 1 aromatic heterocycles. The number of aldehydes is 1. The van der Waals surface area contributed by atoms with Crippen LogP contribution in [0.3, 0.4) is 0 Å². The molecule has 1 rings (SSSR count). The van der Waals surface area contributed by atoms with Gasteiger partial charge in [0.25, 0.3) is 5.69 Å². The molecule has 0 fully saturated rings. The van der Waals surface area contributed by atoms with Gasteiger partial charge in [-0.2, -0.15) is 0 Å². The third-order valence-electron chi connectivity index (χ3n) is 1.38. The Morgan fingerprint density at radius 3 is 2.73 bits per heavy atom. The van der Waals surface area contributed by atoms with E-state index in [1.807, 2.05) is 0 Å². The van der Waals surface area contributed by atoms with E-state index in [2.05, 4.69) is 4.98 Å². The van der Waals surface area contributed by atoms with E-state index < -0.39 is 4.92 Å². The molecule has 0 amide bonds. The summed E-state index contributed by atoms with van der Waals surface area (Å²) in [6.07, 6.45) is 1.78. The van der Waals surface area contributed by atoms with Crippen molar-refractivity contribution in [2.45, 2.75) is 6.92 Å². The lowest BCUT2D eigenvalue weighted by Crippen LogP contribution is -1.91. The van der Waals surface area contributed by atoms with Gasteiger partial charge in [0.15, 0.2) is 6.29 Å². The molecule has 1 heterocycles. The van der Waals surface area contributed by atoms with Gasteiger partial charge < -0.3 is 4.98 Å². The summed E-state index contributed by atoms with van der Waals surface area (Å²) in [5, 5.41) is 10.3. The van der Waals surface area contributed by atoms with Gasteiger partial charge in [0.05, 0.1) is 10.6 Å². The first-order valence-electron chi connectivity index (χ1n) is 2.94. The number of aromatic amines is 1. The summed E-state index contributed by atoms with van der Waals surface area (Å²) >= 11 is 0. The average molecular weight is 154 g/mol. The van der Waals surface area contributed by atoms with Gasteiger partial charge in [-0.1, -0.05) is 0 Å². The normalized spacial score (nSPS) is 9.55. The van der Waals surface area contributed by atoms with Gasteiger partial charge in [0.2, 0.25) is 0 Å². The fourth-order valence-electron chi connectivity index (χ4n) is 0.871. The van der Waals surface area contributed by atoms with Crippen LogP contribution >= 0.6 is 0 Å². The third kappa shape index (κ3) is 1.12. The molecule has 0 aromatic carbocycles. The van der Waals surface area contributed by atoms with Crippen LogP contribution in [0.2, 0.25) is 0 Å². The number of nitrogens with zero attached hydrogens (tertiary/aromatic N) is 1. The molecule has 0 radical (unpaired) electrons. The van der Waals surface area contributed by atoms with E-state index >= 15 is 0 Å². The smallest absolute Gasteiger partial charge is 0.300 e. The van der Waals surface area contributed by atoms with Gasteiger partial charge in [0, 0.05) is 6.20 Å². The van der Waals surface area contributed by atoms with Crippen molar-refractivity contribution in [1.82, 2.24) is 4.98 Å². The molecule has 0 aliphatic rings. The Bertz CT molecular complexity index is 303. The van der Waals surface area contributed by atoms with Gasteiger partial charge >= 0.3 is 0 Å². The lowest BCUT2D eigenvalue weighted by Gasteiger charge is -1.87. The van der Waals surface area contributed by atoms with Gasteiger partial charge in [-0.15, -0.1) is 0 Å². The zero-order valence-corrected chi connectivity index (χ0v) is 5.83. The Morgan fingerprint density at radius 1 is 1.73 bits per heavy atom. The molecule has 0 aliphatic heterocycles. The van der Waals surface area contributed by atoms with Crippen LogP contribution in [0.5, 0.6) is 0 Å². The molecule has 5 nitrogen and oxygen atoms in total. The highest BCUT2D eigenvalue weighted by Crippen LogP contribution is 2.19. The molecular weight excluding hydrogens is 148 g/mol. The van der Waals surface area contributed by atoms with E-state index in [0.29, 0.717) is 12.0 Å². The standard InChI is InChI=1S/C6H6N2O3/c1-4-6(8(10)11)5(3-9)2-7-4/h2-3,7H,1H3. The SMILES string of the molecule is Cc1[nH]cc(C=O)c1[N+](=O)[O-]. The first kappa shape index (κ1) is 7.46. The van der Waals surface area contributed by atoms with Crippen molar-refractivity contribution in [2.75, 3.05) is 0 Å². The van der Waals surface area contributed by atoms with Crippen LogP contribution in [0, 0.1) is 17.0 Å². The fourth-order valence-corrected chi connectivity index (χ4v) is 0.871. The first-order chi connectivity index (χ1) is 5.16. The maximum Gasteiger partial charge on any atom is 0.300 e. The second-order valence-electron chi connectivity index (χ2n) is 2.09. The Kier molecular flexibility index (Phi) is 1.72. The molecule has 5 heteroatoms. The van der Waals surface area contributed by atoms with E-state index in [4.69, 9.17) is 0 Å². The Hall–Kier alpha value is -1.65. The maximum atomic E-state index is 10.3. The predicted molar refractivity (Wildman–Crippen MR) is 37.6 cm³/mol. The van der Waals surface area contributed by atoms with Crippen molar-refractivity contribution in [3.63, 3.8) is 0 Å². The van der Waals surface area contributed by atoms with Crippen LogP contribution in [0.4, 0.5) is 5.69 Å². The van der Waals surface area contributed by atoms with Crippen LogP contribution in [-0.2, 0) is 0 Å². The van der Waals surface area contributed by atoms with Crippen molar-refractivity contribution in [2.24, 2.45) is 0 Å². The number of nitrogens with one attached hydrogen (secondary N) is 1. The molecule has 0 aliphatic carbocycles. The van der Waals surface area contributed by atoms with Crippen LogP contribution in [0.1, 0.15) is 16.1 Å². The minimum Gasteiger partial charge on any atom is -0.359 e. The highest BCUT2D eigenvalue weighted by Gasteiger charge is 2.17. The molecule has 58 valence electrons. The van der Waals surface area contributed by atoms with E-state index in [1.54, 1.807) is 6.92 Å². The zero-order valence-electron chi connectivity index (χ0n) is 5.83. The Morgan fingerprint density at radius 2 is 2.36 bits per heavy atom. The van der Waals surface area contributed by atoms with E-state index in [9.17, 15) is 14.9 Å². The largest absolute Gasteiger partial charge is 0.359 e. The zero-order chi connectivity index (χ0) is 8.43. The molecule has 0 atom stereocenters. The highest BCUT2D eigenvalue weighted by atomic mass is 16.6. The van der Waals surface area contributed by atoms with Crippen LogP contribution in [-0.4, -0.2) is 16.2 Å². The van der Waals surface area contributed by atoms with Gasteiger partial charge in [-0.3, -0.25) is 14.9 Å². The van der Waals surface area contributed by atoms with Crippen LogP contribution < -0.4 is 0 Å². The van der Waals surface area contributed by atoms with E-state index in [0.717, 1.165) is 0 Å². The number of hydrogen-bond donors (Lipinski definition) is 1. The number of carbonyl (C=O) groups excluding carboxylic acids is 1. The number of carbonyl (C=O) groups is 1. The second-order valence-corrected chi connectivity index (χ2v) is 2.09. The minimum atomic E-state index is -0.574. The topological polar surface area (TPSA) is 76.0 Å². The molecule has 0 bridgehead atoms. The monoisotopic (exact) mass is 154 g/mol. The number of rotatable bonds is 2. The maximum absolute atomic E-state index is 10.3. The number of nitro groups is 1. The van der Waals surface area contributed by atoms with Crippen molar-refractivity contribution in [1.29, 1.82) is 0 Å². The summed E-state index contributed by atoms with van der Waals surface area (Å²) in [6.45, 7) is 1.55. The number of hydrogen-bond acceptors (Lipinski definition) is 3. The van der Waals surface area contributed by atoms with Crippen LogP contribution in [0.25, 0.3) is 0 Å². The molecule has 1 aromatic rings. The van der Waals surface area contributed by atoms with Crippen molar-refractivity contribution >= 4 is 12.0 Å². The summed E-state index contributed by atoms with van der Waals surface area (Å²) in [4.78, 5) is 22.5. The molecule has 0 unspecified atom stereocenters. The Balaban J connectivity index is 3.28. The predicted octanol–water partition coefficient (Wildman–Crippen LogP) is 1.04. The average Bonchev–Trinajstić information content (AvgIpc) is 2.30. The summed E-state index contributed by atoms with van der Waals surface area (Å²) in [5.74, 6) is 0. The molecule has 0 saturated carbocycles. The number of H-pyrrole nitrogens is 1. The van der Waals surface area contributed by atoms with Crippen molar-refractivity contribution < 1.29 is 9.72 Å². The second kappa shape index (κ2) is 2.53. The molecular formula is C6H6N2O3. The summed E-state index contributed by atoms with van der Waals surface area (Å²) in [5.41, 5.74) is 0.351. The van der Waals surface area contributed by atoms with Gasteiger partial charge in [0.1, 0.15) is 5.56 Å². The quantitative estimate of drug-likeness (QED) is 0.393. The minimum absolute atomic E-state index is 0.0903. The van der Waals surface area contributed by atoms with Crippen molar-refractivity contribution in [3.8, 4) is 0 Å². The lowest BCUT2D eigenvalue weighted by molar-refractivity contribution is -0.385. The van der Waals surface area contributed by atoms with Crippen LogP contribution in [0.15, 0.2) is 6.20 Å². The Labute approximate surface area is 62.2 Å². The number of aromatic nitrogens is 1. The van der Waals surface area contributed by atoms with Crippen molar-refractivity contribution in [3.05, 3.63) is 27.6 Å². The summed E-state index contributed by atoms with van der Waals surface area (Å²) < 4.78 is 0. The van der Waals surface area contributed by atoms with Gasteiger partial charge in [-0.25, -0.2) is 0 Å². The summed E-state index contributed by atoms with van der Waals surface area (Å²) in [6, 6.07) is 0. The summed E-state index contributed by atoms with van der Waals surface area (Å²) in [7, 11) is 0. The molecule has 0 spiro atoms. The third-order valence-corrected chi connectivity index (χ3v) is 1.38. The highest BCUT2D eigenvalue weighted by molar-refractivity contribution is 5.81.